The van der Waals surface area contributed by atoms with Gasteiger partial charge in [0.05, 0.1) is 13.2 Å². The lowest BCUT2D eigenvalue weighted by Crippen LogP contribution is -2.21. The van der Waals surface area contributed by atoms with E-state index in [1.54, 1.807) is 6.08 Å². The largest absolute Gasteiger partial charge is 0.462 e. The highest BCUT2D eigenvalue weighted by atomic mass is 16.6. The Morgan fingerprint density at radius 1 is 0.957 bits per heavy atom. The Morgan fingerprint density at radius 2 is 1.43 bits per heavy atom. The zero-order chi connectivity index (χ0) is 17.4. The summed E-state index contributed by atoms with van der Waals surface area (Å²) in [4.78, 5) is 24.5. The predicted octanol–water partition coefficient (Wildman–Crippen LogP) is 3.78. The Balaban J connectivity index is 3.03. The first-order valence-electron chi connectivity index (χ1n) is 7.92. The van der Waals surface area contributed by atoms with Gasteiger partial charge in [-0.3, -0.25) is 0 Å². The van der Waals surface area contributed by atoms with Crippen LogP contribution in [-0.4, -0.2) is 25.2 Å². The minimum atomic E-state index is -0.643. The standard InChI is InChI=1S/C19H26O4/c1-13(2)11-22-18(20)17(19(21)23-12-14(3)4)10-16-9-7-6-8-15(16)5/h6-10,13-14H,11-12H2,1-5H3. The predicted molar refractivity (Wildman–Crippen MR) is 90.8 cm³/mol. The van der Waals surface area contributed by atoms with Crippen LogP contribution in [0.15, 0.2) is 29.8 Å². The lowest BCUT2D eigenvalue weighted by molar-refractivity contribution is -0.148. The molecule has 0 radical (unpaired) electrons. The van der Waals surface area contributed by atoms with Gasteiger partial charge in [0.1, 0.15) is 5.57 Å². The van der Waals surface area contributed by atoms with Crippen molar-refractivity contribution in [3.63, 3.8) is 0 Å². The Bertz CT molecular complexity index is 544. The average Bonchev–Trinajstić information content (AvgIpc) is 2.49. The molecule has 4 heteroatoms. The molecular formula is C19H26O4. The van der Waals surface area contributed by atoms with Crippen LogP contribution in [0.25, 0.3) is 6.08 Å². The maximum atomic E-state index is 12.3. The van der Waals surface area contributed by atoms with E-state index in [0.717, 1.165) is 11.1 Å². The van der Waals surface area contributed by atoms with Crippen LogP contribution >= 0.6 is 0 Å². The summed E-state index contributed by atoms with van der Waals surface area (Å²) < 4.78 is 10.4. The van der Waals surface area contributed by atoms with Crippen LogP contribution in [0.4, 0.5) is 0 Å². The number of hydrogen-bond donors (Lipinski definition) is 0. The Morgan fingerprint density at radius 3 is 1.87 bits per heavy atom. The molecule has 0 aromatic heterocycles. The molecular weight excluding hydrogens is 292 g/mol. The molecule has 1 rings (SSSR count). The number of benzene rings is 1. The van der Waals surface area contributed by atoms with Crippen molar-refractivity contribution in [2.45, 2.75) is 34.6 Å². The maximum absolute atomic E-state index is 12.3. The second-order valence-corrected chi connectivity index (χ2v) is 6.40. The van der Waals surface area contributed by atoms with Gasteiger partial charge in [-0.2, -0.15) is 0 Å². The fourth-order valence-corrected chi connectivity index (χ4v) is 1.75. The first kappa shape index (κ1) is 18.9. The fraction of sp³-hybridized carbons (Fsp3) is 0.474. The highest BCUT2D eigenvalue weighted by Gasteiger charge is 2.22. The molecule has 0 unspecified atom stereocenters. The first-order chi connectivity index (χ1) is 10.8. The van der Waals surface area contributed by atoms with Crippen molar-refractivity contribution in [1.82, 2.24) is 0 Å². The number of esters is 2. The van der Waals surface area contributed by atoms with Crippen molar-refractivity contribution in [3.8, 4) is 0 Å². The zero-order valence-electron chi connectivity index (χ0n) is 14.6. The van der Waals surface area contributed by atoms with Gasteiger partial charge < -0.3 is 9.47 Å². The van der Waals surface area contributed by atoms with Gasteiger partial charge in [0.25, 0.3) is 0 Å². The summed E-state index contributed by atoms with van der Waals surface area (Å²) in [5, 5.41) is 0. The van der Waals surface area contributed by atoms with Crippen molar-refractivity contribution < 1.29 is 19.1 Å². The summed E-state index contributed by atoms with van der Waals surface area (Å²) in [6, 6.07) is 7.53. The molecule has 0 spiro atoms. The molecule has 0 aliphatic carbocycles. The van der Waals surface area contributed by atoms with E-state index in [4.69, 9.17) is 9.47 Å². The van der Waals surface area contributed by atoms with Crippen LogP contribution in [0, 0.1) is 18.8 Å². The minimum absolute atomic E-state index is 0.0689. The van der Waals surface area contributed by atoms with E-state index in [2.05, 4.69) is 0 Å². The SMILES string of the molecule is Cc1ccccc1C=C(C(=O)OCC(C)C)C(=O)OCC(C)C. The van der Waals surface area contributed by atoms with E-state index in [9.17, 15) is 9.59 Å². The smallest absolute Gasteiger partial charge is 0.345 e. The molecule has 0 bridgehead atoms. The highest BCUT2D eigenvalue weighted by Crippen LogP contribution is 2.15. The number of carbonyl (C=O) groups excluding carboxylic acids is 2. The van der Waals surface area contributed by atoms with Crippen molar-refractivity contribution in [1.29, 1.82) is 0 Å². The molecule has 0 saturated heterocycles. The van der Waals surface area contributed by atoms with E-state index in [-0.39, 0.29) is 30.6 Å². The second kappa shape index (κ2) is 9.13. The van der Waals surface area contributed by atoms with Crippen molar-refractivity contribution >= 4 is 18.0 Å². The minimum Gasteiger partial charge on any atom is -0.462 e. The number of carbonyl (C=O) groups is 2. The van der Waals surface area contributed by atoms with Crippen LogP contribution in [0.3, 0.4) is 0 Å². The van der Waals surface area contributed by atoms with Gasteiger partial charge >= 0.3 is 11.9 Å². The molecule has 0 N–H and O–H groups in total. The normalized spacial score (nSPS) is 10.6. The number of rotatable bonds is 7. The lowest BCUT2D eigenvalue weighted by Gasteiger charge is -2.12. The Hall–Kier alpha value is -2.10. The zero-order valence-corrected chi connectivity index (χ0v) is 14.6. The molecule has 0 saturated carbocycles. The van der Waals surface area contributed by atoms with Crippen molar-refractivity contribution in [2.24, 2.45) is 11.8 Å². The molecule has 0 heterocycles. The van der Waals surface area contributed by atoms with Gasteiger partial charge in [-0.1, -0.05) is 52.0 Å². The summed E-state index contributed by atoms with van der Waals surface area (Å²) in [6.07, 6.45) is 1.54. The molecule has 4 nitrogen and oxygen atoms in total. The van der Waals surface area contributed by atoms with Gasteiger partial charge in [0.2, 0.25) is 0 Å². The van der Waals surface area contributed by atoms with E-state index < -0.39 is 11.9 Å². The third-order valence-electron chi connectivity index (χ3n) is 3.02. The molecule has 0 fully saturated rings. The van der Waals surface area contributed by atoms with E-state index in [1.807, 2.05) is 58.9 Å². The quantitative estimate of drug-likeness (QED) is 0.332. The molecule has 126 valence electrons. The highest BCUT2D eigenvalue weighted by molar-refractivity contribution is 6.17. The van der Waals surface area contributed by atoms with Crippen LogP contribution in [0.5, 0.6) is 0 Å². The van der Waals surface area contributed by atoms with Crippen LogP contribution in [-0.2, 0) is 19.1 Å². The van der Waals surface area contributed by atoms with Gasteiger partial charge in [-0.05, 0) is 36.0 Å². The summed E-state index contributed by atoms with van der Waals surface area (Å²) in [5.41, 5.74) is 1.70. The van der Waals surface area contributed by atoms with Crippen LogP contribution < -0.4 is 0 Å². The van der Waals surface area contributed by atoms with E-state index >= 15 is 0 Å². The fourth-order valence-electron chi connectivity index (χ4n) is 1.75. The van der Waals surface area contributed by atoms with E-state index in [0.29, 0.717) is 0 Å². The summed E-state index contributed by atoms with van der Waals surface area (Å²) in [7, 11) is 0. The molecule has 0 amide bonds. The Labute approximate surface area is 138 Å². The lowest BCUT2D eigenvalue weighted by atomic mass is 10.1. The number of ether oxygens (including phenoxy) is 2. The topological polar surface area (TPSA) is 52.6 Å². The number of hydrogen-bond acceptors (Lipinski definition) is 4. The monoisotopic (exact) mass is 318 g/mol. The first-order valence-corrected chi connectivity index (χ1v) is 7.92. The molecule has 0 aliphatic heterocycles. The van der Waals surface area contributed by atoms with Gasteiger partial charge in [-0.15, -0.1) is 0 Å². The maximum Gasteiger partial charge on any atom is 0.345 e. The third kappa shape index (κ3) is 6.68. The van der Waals surface area contributed by atoms with Gasteiger partial charge in [0.15, 0.2) is 0 Å². The Kier molecular flexibility index (Phi) is 7.52. The summed E-state index contributed by atoms with van der Waals surface area (Å²) in [5.74, 6) is -0.887. The third-order valence-corrected chi connectivity index (χ3v) is 3.02. The molecule has 1 aromatic carbocycles. The van der Waals surface area contributed by atoms with Gasteiger partial charge in [-0.25, -0.2) is 9.59 Å². The molecule has 0 aliphatic rings. The summed E-state index contributed by atoms with van der Waals surface area (Å²) >= 11 is 0. The second-order valence-electron chi connectivity index (χ2n) is 6.40. The number of aryl methyl sites for hydroxylation is 1. The van der Waals surface area contributed by atoms with E-state index in [1.165, 1.54) is 0 Å². The summed E-state index contributed by atoms with van der Waals surface area (Å²) in [6.45, 7) is 10.2. The van der Waals surface area contributed by atoms with Crippen LogP contribution in [0.1, 0.15) is 38.8 Å². The van der Waals surface area contributed by atoms with Crippen molar-refractivity contribution in [2.75, 3.05) is 13.2 Å². The van der Waals surface area contributed by atoms with Gasteiger partial charge in [0, 0.05) is 0 Å². The van der Waals surface area contributed by atoms with Crippen LogP contribution in [0.2, 0.25) is 0 Å². The molecule has 23 heavy (non-hydrogen) atoms. The van der Waals surface area contributed by atoms with Crippen molar-refractivity contribution in [3.05, 3.63) is 41.0 Å². The molecule has 0 atom stereocenters. The average molecular weight is 318 g/mol. The molecule has 1 aromatic rings.